The molecule has 0 radical (unpaired) electrons. The molecule has 2 N–H and O–H groups in total. The summed E-state index contributed by atoms with van der Waals surface area (Å²) in [5.74, 6) is -0.571. The number of nitrogens with one attached hydrogen (secondary N) is 1. The molecule has 0 spiro atoms. The zero-order valence-electron chi connectivity index (χ0n) is 19.3. The molecule has 0 saturated carbocycles. The predicted molar refractivity (Wildman–Crippen MR) is 130 cm³/mol. The van der Waals surface area contributed by atoms with Gasteiger partial charge in [0.2, 0.25) is 0 Å². The van der Waals surface area contributed by atoms with Crippen molar-refractivity contribution >= 4 is 33.1 Å². The lowest BCUT2D eigenvalue weighted by molar-refractivity contribution is -0.135. The second-order valence-corrected chi connectivity index (χ2v) is 9.85. The van der Waals surface area contributed by atoms with Crippen LogP contribution >= 0.6 is 0 Å². The van der Waals surface area contributed by atoms with Gasteiger partial charge in [0.1, 0.15) is 12.3 Å². The van der Waals surface area contributed by atoms with E-state index in [0.29, 0.717) is 22.6 Å². The summed E-state index contributed by atoms with van der Waals surface area (Å²) >= 11 is 0. The van der Waals surface area contributed by atoms with Gasteiger partial charge < -0.3 is 15.2 Å². The second kappa shape index (κ2) is 9.54. The standard InChI is InChI=1S/C25H28N2O5S/c1-16-9-18(3)25(19(4)10-16)33(30,31)27(15-24(28)29)22-12-17(2)11-21(13-22)26-20-7-6-8-23(14-20)32-5/h6-14,26H,15H2,1-5H3,(H,28,29). The fourth-order valence-electron chi connectivity index (χ4n) is 3.97. The third-order valence-electron chi connectivity index (χ3n) is 5.14. The first kappa shape index (κ1) is 24.1. The van der Waals surface area contributed by atoms with Gasteiger partial charge in [-0.1, -0.05) is 23.8 Å². The Morgan fingerprint density at radius 2 is 1.58 bits per heavy atom. The molecule has 0 unspecified atom stereocenters. The number of methoxy groups -OCH3 is 1. The number of ether oxygens (including phenoxy) is 1. The van der Waals surface area contributed by atoms with Crippen LogP contribution in [0.5, 0.6) is 5.75 Å². The average molecular weight is 469 g/mol. The number of anilines is 3. The van der Waals surface area contributed by atoms with Gasteiger partial charge in [0.05, 0.1) is 17.7 Å². The van der Waals surface area contributed by atoms with E-state index >= 15 is 0 Å². The van der Waals surface area contributed by atoms with Gasteiger partial charge in [0, 0.05) is 17.4 Å². The molecule has 0 bridgehead atoms. The minimum Gasteiger partial charge on any atom is -0.497 e. The molecule has 8 heteroatoms. The van der Waals surface area contributed by atoms with Crippen molar-refractivity contribution in [3.05, 3.63) is 76.9 Å². The van der Waals surface area contributed by atoms with Crippen molar-refractivity contribution in [2.24, 2.45) is 0 Å². The smallest absolute Gasteiger partial charge is 0.324 e. The van der Waals surface area contributed by atoms with Crippen molar-refractivity contribution in [3.63, 3.8) is 0 Å². The first-order chi connectivity index (χ1) is 15.5. The highest BCUT2D eigenvalue weighted by molar-refractivity contribution is 7.93. The molecule has 0 aliphatic heterocycles. The first-order valence-electron chi connectivity index (χ1n) is 10.4. The van der Waals surface area contributed by atoms with E-state index in [9.17, 15) is 18.3 Å². The van der Waals surface area contributed by atoms with Crippen molar-refractivity contribution in [2.45, 2.75) is 32.6 Å². The van der Waals surface area contributed by atoms with Gasteiger partial charge >= 0.3 is 5.97 Å². The van der Waals surface area contributed by atoms with E-state index in [1.165, 1.54) is 0 Å². The number of aliphatic carboxylic acids is 1. The van der Waals surface area contributed by atoms with Crippen LogP contribution in [0.3, 0.4) is 0 Å². The molecular formula is C25H28N2O5S. The highest BCUT2D eigenvalue weighted by atomic mass is 32.2. The van der Waals surface area contributed by atoms with E-state index in [-0.39, 0.29) is 10.6 Å². The number of sulfonamides is 1. The van der Waals surface area contributed by atoms with E-state index in [2.05, 4.69) is 5.32 Å². The Labute approximate surface area is 194 Å². The summed E-state index contributed by atoms with van der Waals surface area (Å²) in [5, 5.41) is 12.8. The number of rotatable bonds is 8. The Morgan fingerprint density at radius 3 is 2.18 bits per heavy atom. The summed E-state index contributed by atoms with van der Waals surface area (Å²) in [6.45, 7) is 6.46. The van der Waals surface area contributed by atoms with Gasteiger partial charge in [-0.25, -0.2) is 8.42 Å². The fraction of sp³-hybridized carbons (Fsp3) is 0.240. The Balaban J connectivity index is 2.10. The molecule has 0 heterocycles. The molecule has 0 aliphatic carbocycles. The lowest BCUT2D eigenvalue weighted by Gasteiger charge is -2.26. The van der Waals surface area contributed by atoms with Crippen LogP contribution in [-0.2, 0) is 14.8 Å². The van der Waals surface area contributed by atoms with Crippen LogP contribution in [0.25, 0.3) is 0 Å². The normalized spacial score (nSPS) is 11.2. The van der Waals surface area contributed by atoms with Crippen molar-refractivity contribution in [1.82, 2.24) is 0 Å². The number of carbonyl (C=O) groups is 1. The number of carboxylic acid groups (broad SMARTS) is 1. The Morgan fingerprint density at radius 1 is 0.939 bits per heavy atom. The van der Waals surface area contributed by atoms with Crippen molar-refractivity contribution in [1.29, 1.82) is 0 Å². The zero-order valence-corrected chi connectivity index (χ0v) is 20.2. The van der Waals surface area contributed by atoms with Crippen LogP contribution < -0.4 is 14.4 Å². The molecule has 0 saturated heterocycles. The van der Waals surface area contributed by atoms with Gasteiger partial charge in [0.25, 0.3) is 10.0 Å². The molecule has 0 atom stereocenters. The summed E-state index contributed by atoms with van der Waals surface area (Å²) in [5.41, 5.74) is 4.51. The van der Waals surface area contributed by atoms with Crippen LogP contribution in [0, 0.1) is 27.7 Å². The highest BCUT2D eigenvalue weighted by Crippen LogP contribution is 2.32. The molecule has 174 valence electrons. The maximum absolute atomic E-state index is 13.7. The van der Waals surface area contributed by atoms with Crippen LogP contribution in [0.1, 0.15) is 22.3 Å². The summed E-state index contributed by atoms with van der Waals surface area (Å²) in [4.78, 5) is 11.8. The molecule has 3 rings (SSSR count). The monoisotopic (exact) mass is 468 g/mol. The molecule has 0 fully saturated rings. The molecule has 7 nitrogen and oxygen atoms in total. The zero-order chi connectivity index (χ0) is 24.3. The summed E-state index contributed by atoms with van der Waals surface area (Å²) in [6, 6.07) is 16.0. The quantitative estimate of drug-likeness (QED) is 0.486. The lowest BCUT2D eigenvalue weighted by atomic mass is 10.1. The number of benzene rings is 3. The maximum Gasteiger partial charge on any atom is 0.324 e. The highest BCUT2D eigenvalue weighted by Gasteiger charge is 2.30. The molecule has 33 heavy (non-hydrogen) atoms. The van der Waals surface area contributed by atoms with Gasteiger partial charge in [-0.05, 0) is 74.7 Å². The summed E-state index contributed by atoms with van der Waals surface area (Å²) in [7, 11) is -2.56. The van der Waals surface area contributed by atoms with E-state index in [1.54, 1.807) is 45.2 Å². The molecule has 3 aromatic carbocycles. The van der Waals surface area contributed by atoms with Crippen molar-refractivity contribution < 1.29 is 23.1 Å². The van der Waals surface area contributed by atoms with E-state index in [0.717, 1.165) is 21.1 Å². The second-order valence-electron chi connectivity index (χ2n) is 8.05. The third kappa shape index (κ3) is 5.46. The fourth-order valence-corrected chi connectivity index (χ4v) is 5.78. The molecular weight excluding hydrogens is 440 g/mol. The Bertz CT molecular complexity index is 1280. The molecule has 0 aliphatic rings. The van der Waals surface area contributed by atoms with E-state index in [4.69, 9.17) is 4.74 Å². The van der Waals surface area contributed by atoms with Crippen LogP contribution in [0.2, 0.25) is 0 Å². The Hall–Kier alpha value is -3.52. The SMILES string of the molecule is COc1cccc(Nc2cc(C)cc(N(CC(=O)O)S(=O)(=O)c3c(C)cc(C)cc3C)c2)c1. The number of hydrogen-bond donors (Lipinski definition) is 2. The predicted octanol–water partition coefficient (Wildman–Crippen LogP) is 4.95. The summed E-state index contributed by atoms with van der Waals surface area (Å²) in [6.07, 6.45) is 0. The molecule has 0 amide bonds. The van der Waals surface area contributed by atoms with Gasteiger partial charge in [-0.2, -0.15) is 0 Å². The largest absolute Gasteiger partial charge is 0.497 e. The van der Waals surface area contributed by atoms with Crippen molar-refractivity contribution in [3.8, 4) is 5.75 Å². The lowest BCUT2D eigenvalue weighted by Crippen LogP contribution is -2.36. The van der Waals surface area contributed by atoms with Gasteiger partial charge in [-0.3, -0.25) is 9.10 Å². The van der Waals surface area contributed by atoms with Gasteiger partial charge in [0.15, 0.2) is 0 Å². The maximum atomic E-state index is 13.7. The topological polar surface area (TPSA) is 95.9 Å². The van der Waals surface area contributed by atoms with Crippen LogP contribution in [0.15, 0.2) is 59.5 Å². The summed E-state index contributed by atoms with van der Waals surface area (Å²) < 4.78 is 33.6. The third-order valence-corrected chi connectivity index (χ3v) is 7.22. The van der Waals surface area contributed by atoms with E-state index < -0.39 is 22.5 Å². The molecule has 3 aromatic rings. The Kier molecular flexibility index (Phi) is 6.98. The number of aryl methyl sites for hydroxylation is 4. The number of hydrogen-bond acceptors (Lipinski definition) is 5. The van der Waals surface area contributed by atoms with Crippen molar-refractivity contribution in [2.75, 3.05) is 23.3 Å². The average Bonchev–Trinajstić information content (AvgIpc) is 2.70. The minimum atomic E-state index is -4.14. The number of nitrogens with zero attached hydrogens (tertiary/aromatic N) is 1. The van der Waals surface area contributed by atoms with Gasteiger partial charge in [-0.15, -0.1) is 0 Å². The molecule has 0 aromatic heterocycles. The minimum absolute atomic E-state index is 0.123. The van der Waals surface area contributed by atoms with Crippen LogP contribution in [0.4, 0.5) is 17.1 Å². The number of carboxylic acids is 1. The van der Waals surface area contributed by atoms with E-state index in [1.807, 2.05) is 44.2 Å². The first-order valence-corrected chi connectivity index (χ1v) is 11.8. The van der Waals surface area contributed by atoms with Crippen LogP contribution in [-0.4, -0.2) is 33.1 Å².